The topological polar surface area (TPSA) is 63.6 Å². The first-order valence-electron chi connectivity index (χ1n) is 7.88. The number of methoxy groups -OCH3 is 1. The van der Waals surface area contributed by atoms with Crippen LogP contribution in [0.2, 0.25) is 5.15 Å². The quantitative estimate of drug-likeness (QED) is 0.748. The SMILES string of the molecule is COc1ccc2c(c1)C(CCNC(=O)c1cc(Br)cnc1Cl)=NCC2. The number of rotatable bonds is 5. The summed E-state index contributed by atoms with van der Waals surface area (Å²) in [6.45, 7) is 1.24. The van der Waals surface area contributed by atoms with Crippen LogP contribution in [0.1, 0.15) is 27.9 Å². The summed E-state index contributed by atoms with van der Waals surface area (Å²) in [4.78, 5) is 20.9. The summed E-state index contributed by atoms with van der Waals surface area (Å²) >= 11 is 9.28. The lowest BCUT2D eigenvalue weighted by Crippen LogP contribution is -2.27. The summed E-state index contributed by atoms with van der Waals surface area (Å²) in [5, 5.41) is 3.06. The van der Waals surface area contributed by atoms with Crippen molar-refractivity contribution in [2.24, 2.45) is 4.99 Å². The first kappa shape index (κ1) is 17.9. The Kier molecular flexibility index (Phi) is 5.71. The van der Waals surface area contributed by atoms with E-state index in [2.05, 4.69) is 37.3 Å². The van der Waals surface area contributed by atoms with E-state index >= 15 is 0 Å². The highest BCUT2D eigenvalue weighted by atomic mass is 79.9. The molecule has 1 N–H and O–H groups in total. The molecule has 25 heavy (non-hydrogen) atoms. The van der Waals surface area contributed by atoms with E-state index in [-0.39, 0.29) is 11.1 Å². The monoisotopic (exact) mass is 421 g/mol. The van der Waals surface area contributed by atoms with Gasteiger partial charge in [-0.05, 0) is 46.1 Å². The van der Waals surface area contributed by atoms with Crippen LogP contribution in [0.3, 0.4) is 0 Å². The van der Waals surface area contributed by atoms with Gasteiger partial charge in [0.15, 0.2) is 0 Å². The minimum absolute atomic E-state index is 0.186. The zero-order chi connectivity index (χ0) is 17.8. The Morgan fingerprint density at radius 3 is 3.04 bits per heavy atom. The van der Waals surface area contributed by atoms with Crippen molar-refractivity contribution in [3.8, 4) is 5.75 Å². The van der Waals surface area contributed by atoms with Gasteiger partial charge in [-0.1, -0.05) is 17.7 Å². The Labute approximate surface area is 159 Å². The van der Waals surface area contributed by atoms with Crippen molar-refractivity contribution in [2.75, 3.05) is 20.2 Å². The molecule has 3 rings (SSSR count). The van der Waals surface area contributed by atoms with Gasteiger partial charge in [-0.15, -0.1) is 0 Å². The number of nitrogens with one attached hydrogen (secondary N) is 1. The smallest absolute Gasteiger partial charge is 0.254 e. The molecule has 0 fully saturated rings. The fourth-order valence-corrected chi connectivity index (χ4v) is 3.27. The predicted octanol–water partition coefficient (Wildman–Crippen LogP) is 3.67. The Bertz CT molecular complexity index is 839. The van der Waals surface area contributed by atoms with Crippen molar-refractivity contribution in [2.45, 2.75) is 12.8 Å². The van der Waals surface area contributed by atoms with Gasteiger partial charge in [0.05, 0.1) is 12.7 Å². The highest BCUT2D eigenvalue weighted by molar-refractivity contribution is 9.10. The van der Waals surface area contributed by atoms with Crippen LogP contribution in [0.25, 0.3) is 0 Å². The number of ether oxygens (including phenoxy) is 1. The maximum absolute atomic E-state index is 12.3. The molecule has 0 spiro atoms. The molecule has 0 unspecified atom stereocenters. The molecule has 1 aromatic heterocycles. The number of hydrogen-bond donors (Lipinski definition) is 1. The Morgan fingerprint density at radius 2 is 2.24 bits per heavy atom. The number of amides is 1. The van der Waals surface area contributed by atoms with E-state index in [1.54, 1.807) is 19.4 Å². The van der Waals surface area contributed by atoms with Crippen molar-refractivity contribution in [3.63, 3.8) is 0 Å². The molecule has 1 amide bonds. The molecule has 2 heterocycles. The van der Waals surface area contributed by atoms with Crippen LogP contribution in [0.4, 0.5) is 0 Å². The van der Waals surface area contributed by atoms with Gasteiger partial charge in [0.2, 0.25) is 0 Å². The lowest BCUT2D eigenvalue weighted by Gasteiger charge is -2.18. The zero-order valence-corrected chi connectivity index (χ0v) is 16.0. The molecule has 0 bridgehead atoms. The number of carbonyl (C=O) groups is 1. The molecule has 1 aromatic carbocycles. The fraction of sp³-hybridized carbons (Fsp3) is 0.278. The van der Waals surface area contributed by atoms with E-state index in [0.717, 1.165) is 30.0 Å². The van der Waals surface area contributed by atoms with Crippen molar-refractivity contribution in [1.82, 2.24) is 10.3 Å². The largest absolute Gasteiger partial charge is 0.497 e. The highest BCUT2D eigenvalue weighted by Gasteiger charge is 2.16. The van der Waals surface area contributed by atoms with Gasteiger partial charge in [0.1, 0.15) is 10.9 Å². The second-order valence-electron chi connectivity index (χ2n) is 5.60. The molecule has 7 heteroatoms. The average Bonchev–Trinajstić information content (AvgIpc) is 2.63. The third kappa shape index (κ3) is 4.19. The van der Waals surface area contributed by atoms with Gasteiger partial charge < -0.3 is 10.1 Å². The standard InChI is InChI=1S/C18H17BrClN3O2/c1-25-13-3-2-11-4-6-21-16(14(11)9-13)5-7-22-18(24)15-8-12(19)10-23-17(15)20/h2-3,8-10H,4-7H2,1H3,(H,22,24). The molecule has 5 nitrogen and oxygen atoms in total. The molecule has 2 aromatic rings. The van der Waals surface area contributed by atoms with Crippen LogP contribution in [0.15, 0.2) is 39.9 Å². The maximum atomic E-state index is 12.3. The second kappa shape index (κ2) is 7.97. The van der Waals surface area contributed by atoms with Crippen molar-refractivity contribution < 1.29 is 9.53 Å². The number of hydrogen-bond acceptors (Lipinski definition) is 4. The lowest BCUT2D eigenvalue weighted by molar-refractivity contribution is 0.0954. The van der Waals surface area contributed by atoms with Gasteiger partial charge >= 0.3 is 0 Å². The van der Waals surface area contributed by atoms with E-state index in [4.69, 9.17) is 16.3 Å². The lowest BCUT2D eigenvalue weighted by atomic mass is 9.95. The van der Waals surface area contributed by atoms with Crippen LogP contribution in [-0.4, -0.2) is 36.8 Å². The zero-order valence-electron chi connectivity index (χ0n) is 13.7. The van der Waals surface area contributed by atoms with Gasteiger partial charge in [-0.25, -0.2) is 4.98 Å². The Balaban J connectivity index is 1.66. The van der Waals surface area contributed by atoms with Crippen LogP contribution in [-0.2, 0) is 6.42 Å². The van der Waals surface area contributed by atoms with E-state index in [1.165, 1.54) is 5.56 Å². The molecule has 0 radical (unpaired) electrons. The van der Waals surface area contributed by atoms with Crippen LogP contribution < -0.4 is 10.1 Å². The maximum Gasteiger partial charge on any atom is 0.254 e. The average molecular weight is 423 g/mol. The molecule has 1 aliphatic heterocycles. The number of nitrogens with zero attached hydrogens (tertiary/aromatic N) is 2. The van der Waals surface area contributed by atoms with Crippen LogP contribution >= 0.6 is 27.5 Å². The van der Waals surface area contributed by atoms with Crippen LogP contribution in [0.5, 0.6) is 5.75 Å². The van der Waals surface area contributed by atoms with Gasteiger partial charge in [-0.3, -0.25) is 9.79 Å². The van der Waals surface area contributed by atoms with E-state index in [1.807, 2.05) is 12.1 Å². The number of carbonyl (C=O) groups excluding carboxylic acids is 1. The third-order valence-corrected chi connectivity index (χ3v) is 4.74. The molecule has 0 saturated heterocycles. The van der Waals surface area contributed by atoms with Gasteiger partial charge in [0.25, 0.3) is 5.91 Å². The Morgan fingerprint density at radius 1 is 1.40 bits per heavy atom. The van der Waals surface area contributed by atoms with E-state index in [9.17, 15) is 4.79 Å². The number of fused-ring (bicyclic) bond motifs is 1. The van der Waals surface area contributed by atoms with E-state index < -0.39 is 0 Å². The van der Waals surface area contributed by atoms with Gasteiger partial charge in [-0.2, -0.15) is 0 Å². The van der Waals surface area contributed by atoms with Crippen LogP contribution in [0, 0.1) is 0 Å². The summed E-state index contributed by atoms with van der Waals surface area (Å²) in [7, 11) is 1.65. The Hall–Kier alpha value is -1.92. The summed E-state index contributed by atoms with van der Waals surface area (Å²) in [6.07, 6.45) is 3.12. The minimum atomic E-state index is -0.249. The molecule has 1 aliphatic rings. The fourth-order valence-electron chi connectivity index (χ4n) is 2.75. The summed E-state index contributed by atoms with van der Waals surface area (Å²) in [5.41, 5.74) is 3.70. The predicted molar refractivity (Wildman–Crippen MR) is 102 cm³/mol. The number of aromatic nitrogens is 1. The molecule has 130 valence electrons. The number of benzene rings is 1. The second-order valence-corrected chi connectivity index (χ2v) is 6.87. The van der Waals surface area contributed by atoms with Crippen molar-refractivity contribution in [3.05, 3.63) is 56.8 Å². The molecule has 0 aliphatic carbocycles. The summed E-state index contributed by atoms with van der Waals surface area (Å²) < 4.78 is 6.01. The summed E-state index contributed by atoms with van der Waals surface area (Å²) in [6, 6.07) is 7.70. The molecule has 0 saturated carbocycles. The summed E-state index contributed by atoms with van der Waals surface area (Å²) in [5.74, 6) is 0.561. The highest BCUT2D eigenvalue weighted by Crippen LogP contribution is 2.23. The number of halogens is 2. The molecule has 0 atom stereocenters. The van der Waals surface area contributed by atoms with Crippen molar-refractivity contribution in [1.29, 1.82) is 0 Å². The molecular formula is C18H17BrClN3O2. The first-order valence-corrected chi connectivity index (χ1v) is 9.05. The normalized spacial score (nSPS) is 13.0. The van der Waals surface area contributed by atoms with E-state index in [0.29, 0.717) is 23.0 Å². The number of pyridine rings is 1. The van der Waals surface area contributed by atoms with Crippen molar-refractivity contribution >= 4 is 39.1 Å². The van der Waals surface area contributed by atoms with Gasteiger partial charge in [0, 0.05) is 41.5 Å². The minimum Gasteiger partial charge on any atom is -0.497 e. The molecular weight excluding hydrogens is 406 g/mol. The third-order valence-electron chi connectivity index (χ3n) is 4.01. The number of aliphatic imine (C=N–C) groups is 1. The first-order chi connectivity index (χ1) is 12.1.